The van der Waals surface area contributed by atoms with Gasteiger partial charge in [0.05, 0.1) is 5.92 Å². The molecule has 86 valence electrons. The average Bonchev–Trinajstić information content (AvgIpc) is 2.74. The molecule has 1 heterocycles. The summed E-state index contributed by atoms with van der Waals surface area (Å²) in [5, 5.41) is 5.10. The van der Waals surface area contributed by atoms with Crippen molar-refractivity contribution in [2.24, 2.45) is 5.92 Å². The van der Waals surface area contributed by atoms with E-state index in [4.69, 9.17) is 0 Å². The fourth-order valence-electron chi connectivity index (χ4n) is 1.82. The molecule has 15 heavy (non-hydrogen) atoms. The molecule has 0 radical (unpaired) electrons. The molecule has 1 aliphatic carbocycles. The Hall–Kier alpha value is -0.780. The summed E-state index contributed by atoms with van der Waals surface area (Å²) >= 11 is 0. The van der Waals surface area contributed by atoms with Crippen LogP contribution in [0.2, 0.25) is 0 Å². The molecule has 1 aliphatic heterocycles. The van der Waals surface area contributed by atoms with Gasteiger partial charge in [0, 0.05) is 6.54 Å². The molecule has 0 bridgehead atoms. The molecule has 0 aromatic heterocycles. The standard InChI is InChI=1S/C9H13F3N2O/c10-9(11,12)8(2-3-8)14-7(15)6-1-4-13-5-6/h6,13H,1-5H2,(H,14,15). The van der Waals surface area contributed by atoms with Gasteiger partial charge in [0.15, 0.2) is 0 Å². The molecule has 2 N–H and O–H groups in total. The number of carbonyl (C=O) groups is 1. The first-order valence-corrected chi connectivity index (χ1v) is 5.04. The summed E-state index contributed by atoms with van der Waals surface area (Å²) in [6.45, 7) is 1.19. The van der Waals surface area contributed by atoms with Crippen molar-refractivity contribution < 1.29 is 18.0 Å². The predicted molar refractivity (Wildman–Crippen MR) is 47.1 cm³/mol. The first-order valence-electron chi connectivity index (χ1n) is 5.04. The molecular weight excluding hydrogens is 209 g/mol. The minimum absolute atomic E-state index is 0.0163. The number of halogens is 3. The van der Waals surface area contributed by atoms with Crippen LogP contribution in [0.1, 0.15) is 19.3 Å². The maximum absolute atomic E-state index is 12.5. The lowest BCUT2D eigenvalue weighted by atomic mass is 10.1. The van der Waals surface area contributed by atoms with E-state index in [-0.39, 0.29) is 18.8 Å². The van der Waals surface area contributed by atoms with Crippen LogP contribution in [0.4, 0.5) is 13.2 Å². The largest absolute Gasteiger partial charge is 0.411 e. The number of alkyl halides is 3. The molecule has 6 heteroatoms. The lowest BCUT2D eigenvalue weighted by Gasteiger charge is -2.22. The van der Waals surface area contributed by atoms with Crippen LogP contribution < -0.4 is 10.6 Å². The first-order chi connectivity index (χ1) is 6.95. The van der Waals surface area contributed by atoms with Gasteiger partial charge in [-0.1, -0.05) is 0 Å². The molecule has 0 aromatic rings. The zero-order valence-corrected chi connectivity index (χ0v) is 8.16. The van der Waals surface area contributed by atoms with Gasteiger partial charge in [-0.3, -0.25) is 4.79 Å². The van der Waals surface area contributed by atoms with Crippen molar-refractivity contribution in [1.82, 2.24) is 10.6 Å². The smallest absolute Gasteiger partial charge is 0.342 e. The minimum atomic E-state index is -4.31. The topological polar surface area (TPSA) is 41.1 Å². The van der Waals surface area contributed by atoms with Crippen molar-refractivity contribution in [3.63, 3.8) is 0 Å². The zero-order chi connectivity index (χ0) is 11.1. The van der Waals surface area contributed by atoms with Crippen molar-refractivity contribution in [3.05, 3.63) is 0 Å². The number of hydrogen-bond acceptors (Lipinski definition) is 2. The lowest BCUT2D eigenvalue weighted by Crippen LogP contribution is -2.50. The number of rotatable bonds is 2. The highest BCUT2D eigenvalue weighted by Gasteiger charge is 2.64. The molecule has 1 unspecified atom stereocenters. The number of carbonyl (C=O) groups excluding carboxylic acids is 1. The van der Waals surface area contributed by atoms with Crippen LogP contribution in [0.15, 0.2) is 0 Å². The summed E-state index contributed by atoms with van der Waals surface area (Å²) in [7, 11) is 0. The van der Waals surface area contributed by atoms with E-state index in [1.54, 1.807) is 0 Å². The number of hydrogen-bond donors (Lipinski definition) is 2. The van der Waals surface area contributed by atoms with Gasteiger partial charge in [-0.2, -0.15) is 13.2 Å². The highest BCUT2D eigenvalue weighted by atomic mass is 19.4. The monoisotopic (exact) mass is 222 g/mol. The quantitative estimate of drug-likeness (QED) is 0.725. The molecule has 1 saturated heterocycles. The fourth-order valence-corrected chi connectivity index (χ4v) is 1.82. The van der Waals surface area contributed by atoms with Crippen LogP contribution in [-0.4, -0.2) is 30.7 Å². The first kappa shape index (κ1) is 10.7. The Morgan fingerprint density at radius 2 is 2.07 bits per heavy atom. The predicted octanol–water partition coefficient (Wildman–Crippen LogP) is 0.807. The van der Waals surface area contributed by atoms with Gasteiger partial charge >= 0.3 is 6.18 Å². The van der Waals surface area contributed by atoms with E-state index in [0.29, 0.717) is 19.5 Å². The van der Waals surface area contributed by atoms with Crippen LogP contribution in [0, 0.1) is 5.92 Å². The summed E-state index contributed by atoms with van der Waals surface area (Å²) in [5.74, 6) is -0.764. The molecule has 1 atom stereocenters. The molecule has 0 spiro atoms. The Labute approximate surface area is 85.4 Å². The molecular formula is C9H13F3N2O. The summed E-state index contributed by atoms with van der Waals surface area (Å²) in [5.41, 5.74) is -1.91. The molecule has 0 aromatic carbocycles. The third-order valence-electron chi connectivity index (χ3n) is 3.09. The zero-order valence-electron chi connectivity index (χ0n) is 8.16. The maximum atomic E-state index is 12.5. The van der Waals surface area contributed by atoms with Crippen LogP contribution in [-0.2, 0) is 4.79 Å². The van der Waals surface area contributed by atoms with Gasteiger partial charge in [-0.25, -0.2) is 0 Å². The molecule has 3 nitrogen and oxygen atoms in total. The van der Waals surface area contributed by atoms with Crippen molar-refractivity contribution in [3.8, 4) is 0 Å². The van der Waals surface area contributed by atoms with Crippen molar-refractivity contribution >= 4 is 5.91 Å². The molecule has 2 fully saturated rings. The molecule has 2 aliphatic rings. The minimum Gasteiger partial charge on any atom is -0.342 e. The van der Waals surface area contributed by atoms with Gasteiger partial charge in [-0.15, -0.1) is 0 Å². The summed E-state index contributed by atoms with van der Waals surface area (Å²) < 4.78 is 37.5. The number of nitrogens with one attached hydrogen (secondary N) is 2. The average molecular weight is 222 g/mol. The summed E-state index contributed by atoms with van der Waals surface area (Å²) in [6, 6.07) is 0. The maximum Gasteiger partial charge on any atom is 0.411 e. The van der Waals surface area contributed by atoms with Crippen LogP contribution in [0.25, 0.3) is 0 Å². The van der Waals surface area contributed by atoms with Crippen LogP contribution in [0.5, 0.6) is 0 Å². The van der Waals surface area contributed by atoms with E-state index < -0.39 is 17.6 Å². The highest BCUT2D eigenvalue weighted by Crippen LogP contribution is 2.49. The van der Waals surface area contributed by atoms with Gasteiger partial charge in [-0.05, 0) is 25.8 Å². The Balaban J connectivity index is 1.94. The van der Waals surface area contributed by atoms with E-state index in [0.717, 1.165) is 0 Å². The molecule has 2 rings (SSSR count). The van der Waals surface area contributed by atoms with E-state index in [1.807, 2.05) is 0 Å². The van der Waals surface area contributed by atoms with E-state index in [2.05, 4.69) is 10.6 Å². The fraction of sp³-hybridized carbons (Fsp3) is 0.889. The van der Waals surface area contributed by atoms with Crippen LogP contribution >= 0.6 is 0 Å². The third-order valence-corrected chi connectivity index (χ3v) is 3.09. The second-order valence-corrected chi connectivity index (χ2v) is 4.26. The lowest BCUT2D eigenvalue weighted by molar-refractivity contribution is -0.171. The van der Waals surface area contributed by atoms with E-state index in [9.17, 15) is 18.0 Å². The van der Waals surface area contributed by atoms with Gasteiger partial charge in [0.25, 0.3) is 0 Å². The number of amides is 1. The Morgan fingerprint density at radius 3 is 2.47 bits per heavy atom. The molecule has 1 saturated carbocycles. The summed E-state index contributed by atoms with van der Waals surface area (Å²) in [6.07, 6.45) is -3.65. The molecule has 1 amide bonds. The van der Waals surface area contributed by atoms with Crippen molar-refractivity contribution in [2.75, 3.05) is 13.1 Å². The highest BCUT2D eigenvalue weighted by molar-refractivity contribution is 5.80. The third kappa shape index (κ3) is 1.95. The Morgan fingerprint density at radius 1 is 1.40 bits per heavy atom. The second kappa shape index (κ2) is 3.37. The SMILES string of the molecule is O=C(NC1(C(F)(F)F)CC1)C1CCNC1. The summed E-state index contributed by atoms with van der Waals surface area (Å²) in [4.78, 5) is 11.5. The van der Waals surface area contributed by atoms with E-state index >= 15 is 0 Å². The van der Waals surface area contributed by atoms with E-state index in [1.165, 1.54) is 0 Å². The normalized spacial score (nSPS) is 28.9. The Bertz CT molecular complexity index is 267. The van der Waals surface area contributed by atoms with Gasteiger partial charge in [0.2, 0.25) is 5.91 Å². The van der Waals surface area contributed by atoms with Gasteiger partial charge in [0.1, 0.15) is 5.54 Å². The van der Waals surface area contributed by atoms with Crippen molar-refractivity contribution in [2.45, 2.75) is 31.0 Å². The van der Waals surface area contributed by atoms with Gasteiger partial charge < -0.3 is 10.6 Å². The Kier molecular flexibility index (Phi) is 2.41. The van der Waals surface area contributed by atoms with Crippen molar-refractivity contribution in [1.29, 1.82) is 0 Å². The second-order valence-electron chi connectivity index (χ2n) is 4.26. The van der Waals surface area contributed by atoms with Crippen LogP contribution in [0.3, 0.4) is 0 Å².